The van der Waals surface area contributed by atoms with Gasteiger partial charge in [0.25, 0.3) is 0 Å². The zero-order chi connectivity index (χ0) is 14.6. The van der Waals surface area contributed by atoms with Crippen molar-refractivity contribution in [1.82, 2.24) is 5.32 Å². The molecular weight excluding hydrogens is 254 g/mol. The maximum atomic E-state index is 12.7. The molecule has 4 nitrogen and oxygen atoms in total. The maximum absolute atomic E-state index is 12.7. The highest BCUT2D eigenvalue weighted by molar-refractivity contribution is 5.86. The number of methoxy groups -OCH3 is 1. The van der Waals surface area contributed by atoms with Gasteiger partial charge in [-0.2, -0.15) is 0 Å². The van der Waals surface area contributed by atoms with Crippen molar-refractivity contribution in [3.8, 4) is 0 Å². The lowest BCUT2D eigenvalue weighted by atomic mass is 9.40. The molecule has 0 unspecified atom stereocenters. The maximum Gasteiger partial charge on any atom is 0.325 e. The summed E-state index contributed by atoms with van der Waals surface area (Å²) in [6.45, 7) is 4.69. The van der Waals surface area contributed by atoms with Crippen LogP contribution >= 0.6 is 0 Å². The zero-order valence-corrected chi connectivity index (χ0v) is 12.8. The van der Waals surface area contributed by atoms with Crippen molar-refractivity contribution < 1.29 is 14.3 Å². The van der Waals surface area contributed by atoms with Crippen LogP contribution in [0.2, 0.25) is 0 Å². The minimum atomic E-state index is -0.375. The fraction of sp³-hybridized carbons (Fsp3) is 0.875. The first-order valence-electron chi connectivity index (χ1n) is 7.63. The monoisotopic (exact) mass is 279 g/mol. The van der Waals surface area contributed by atoms with Gasteiger partial charge >= 0.3 is 5.97 Å². The molecule has 4 aliphatic rings. The Labute approximate surface area is 120 Å². The summed E-state index contributed by atoms with van der Waals surface area (Å²) >= 11 is 0. The molecule has 0 aliphatic heterocycles. The number of carbonyl (C=O) groups excluding carboxylic acids is 2. The Balaban J connectivity index is 1.78. The van der Waals surface area contributed by atoms with E-state index in [-0.39, 0.29) is 23.8 Å². The quantitative estimate of drug-likeness (QED) is 0.806. The molecule has 0 saturated heterocycles. The number of nitrogens with one attached hydrogen (secondary N) is 1. The second kappa shape index (κ2) is 4.22. The summed E-state index contributed by atoms with van der Waals surface area (Å²) in [6, 6.07) is 0. The van der Waals surface area contributed by atoms with E-state index in [1.807, 2.05) is 0 Å². The summed E-state index contributed by atoms with van der Waals surface area (Å²) < 4.78 is 4.61. The number of ether oxygens (including phenoxy) is 1. The highest BCUT2D eigenvalue weighted by Crippen LogP contribution is 2.69. The SMILES string of the molecule is COC(=O)CNC(=O)C12CC3C[C@](C)(C1)C[C@](C)(C3)C2. The van der Waals surface area contributed by atoms with Crippen LogP contribution < -0.4 is 5.32 Å². The molecule has 0 aromatic rings. The van der Waals surface area contributed by atoms with E-state index in [4.69, 9.17) is 0 Å². The first-order chi connectivity index (χ1) is 9.28. The van der Waals surface area contributed by atoms with E-state index in [1.165, 1.54) is 26.4 Å². The zero-order valence-electron chi connectivity index (χ0n) is 12.8. The predicted molar refractivity (Wildman–Crippen MR) is 74.9 cm³/mol. The molecule has 0 heterocycles. The van der Waals surface area contributed by atoms with E-state index in [2.05, 4.69) is 23.9 Å². The van der Waals surface area contributed by atoms with Crippen LogP contribution in [0.5, 0.6) is 0 Å². The average Bonchev–Trinajstić information content (AvgIpc) is 2.30. The largest absolute Gasteiger partial charge is 0.468 e. The van der Waals surface area contributed by atoms with Gasteiger partial charge < -0.3 is 10.1 Å². The van der Waals surface area contributed by atoms with Gasteiger partial charge in [-0.1, -0.05) is 13.8 Å². The van der Waals surface area contributed by atoms with Gasteiger partial charge in [0.15, 0.2) is 0 Å². The minimum absolute atomic E-state index is 0.00478. The van der Waals surface area contributed by atoms with Crippen LogP contribution in [-0.4, -0.2) is 25.5 Å². The molecule has 0 aromatic heterocycles. The number of hydrogen-bond donors (Lipinski definition) is 1. The molecule has 4 aliphatic carbocycles. The van der Waals surface area contributed by atoms with E-state index in [1.54, 1.807) is 0 Å². The van der Waals surface area contributed by atoms with E-state index in [0.717, 1.165) is 19.3 Å². The highest BCUT2D eigenvalue weighted by atomic mass is 16.5. The molecule has 4 rings (SSSR count). The van der Waals surface area contributed by atoms with Crippen molar-refractivity contribution in [3.05, 3.63) is 0 Å². The number of carbonyl (C=O) groups is 2. The van der Waals surface area contributed by atoms with Gasteiger partial charge in [-0.15, -0.1) is 0 Å². The van der Waals surface area contributed by atoms with Gasteiger partial charge in [-0.05, 0) is 55.3 Å². The molecule has 4 fully saturated rings. The van der Waals surface area contributed by atoms with Gasteiger partial charge in [-0.25, -0.2) is 0 Å². The molecule has 0 aromatic carbocycles. The van der Waals surface area contributed by atoms with Crippen LogP contribution in [0.4, 0.5) is 0 Å². The van der Waals surface area contributed by atoms with Gasteiger partial charge in [0.1, 0.15) is 6.54 Å². The summed E-state index contributed by atoms with van der Waals surface area (Å²) in [4.78, 5) is 23.9. The summed E-state index contributed by atoms with van der Waals surface area (Å²) in [5.74, 6) is 0.384. The average molecular weight is 279 g/mol. The Morgan fingerprint density at radius 2 is 1.70 bits per heavy atom. The second-order valence-electron chi connectivity index (χ2n) is 8.17. The normalized spacial score (nSPS) is 45.2. The van der Waals surface area contributed by atoms with Gasteiger partial charge in [0, 0.05) is 0 Å². The summed E-state index contributed by atoms with van der Waals surface area (Å²) in [6.07, 6.45) is 6.77. The third-order valence-corrected chi connectivity index (χ3v) is 5.73. The molecular formula is C16H25NO3. The van der Waals surface area contributed by atoms with Crippen LogP contribution in [0.3, 0.4) is 0 Å². The number of amides is 1. The van der Waals surface area contributed by atoms with Crippen molar-refractivity contribution >= 4 is 11.9 Å². The van der Waals surface area contributed by atoms with Crippen molar-refractivity contribution in [1.29, 1.82) is 0 Å². The first-order valence-corrected chi connectivity index (χ1v) is 7.63. The minimum Gasteiger partial charge on any atom is -0.468 e. The van der Waals surface area contributed by atoms with Gasteiger partial charge in [-0.3, -0.25) is 9.59 Å². The Hall–Kier alpha value is -1.06. The van der Waals surface area contributed by atoms with E-state index in [0.29, 0.717) is 16.7 Å². The van der Waals surface area contributed by atoms with E-state index < -0.39 is 0 Å². The molecule has 0 spiro atoms. The van der Waals surface area contributed by atoms with Gasteiger partial charge in [0.2, 0.25) is 5.91 Å². The molecule has 112 valence electrons. The Kier molecular flexibility index (Phi) is 2.93. The fourth-order valence-corrected chi connectivity index (χ4v) is 6.11. The Morgan fingerprint density at radius 3 is 2.20 bits per heavy atom. The molecule has 4 saturated carbocycles. The molecule has 2 atom stereocenters. The molecule has 4 heteroatoms. The van der Waals surface area contributed by atoms with Crippen LogP contribution in [0.25, 0.3) is 0 Å². The number of esters is 1. The van der Waals surface area contributed by atoms with Crippen LogP contribution in [-0.2, 0) is 14.3 Å². The first kappa shape index (κ1) is 13.9. The van der Waals surface area contributed by atoms with Crippen LogP contribution in [0, 0.1) is 22.2 Å². The molecule has 4 bridgehead atoms. The lowest BCUT2D eigenvalue weighted by molar-refractivity contribution is -0.170. The van der Waals surface area contributed by atoms with Crippen molar-refractivity contribution in [2.75, 3.05) is 13.7 Å². The number of hydrogen-bond acceptors (Lipinski definition) is 3. The van der Waals surface area contributed by atoms with Crippen molar-refractivity contribution in [2.45, 2.75) is 52.4 Å². The molecule has 1 N–H and O–H groups in total. The summed E-state index contributed by atoms with van der Waals surface area (Å²) in [5.41, 5.74) is 0.393. The van der Waals surface area contributed by atoms with E-state index >= 15 is 0 Å². The van der Waals surface area contributed by atoms with Gasteiger partial charge in [0.05, 0.1) is 12.5 Å². The van der Waals surface area contributed by atoms with Crippen LogP contribution in [0.1, 0.15) is 52.4 Å². The van der Waals surface area contributed by atoms with Crippen molar-refractivity contribution in [3.63, 3.8) is 0 Å². The van der Waals surface area contributed by atoms with Crippen molar-refractivity contribution in [2.24, 2.45) is 22.2 Å². The Morgan fingerprint density at radius 1 is 1.10 bits per heavy atom. The lowest BCUT2D eigenvalue weighted by Gasteiger charge is -2.64. The second-order valence-corrected chi connectivity index (χ2v) is 8.17. The standard InChI is InChI=1S/C16H25NO3/c1-14-4-11-5-15(2,8-14)10-16(6-11,9-14)13(19)17-7-12(18)20-3/h11H,4-10H2,1-3H3,(H,17,19)/t11?,14-,15-,16?/m0/s1. The third-order valence-electron chi connectivity index (χ3n) is 5.73. The highest BCUT2D eigenvalue weighted by Gasteiger charge is 2.62. The summed E-state index contributed by atoms with van der Waals surface area (Å²) in [7, 11) is 1.35. The van der Waals surface area contributed by atoms with E-state index in [9.17, 15) is 9.59 Å². The Bertz CT molecular complexity index is 441. The predicted octanol–water partition coefficient (Wildman–Crippen LogP) is 2.27. The molecule has 0 radical (unpaired) electrons. The smallest absolute Gasteiger partial charge is 0.325 e. The summed E-state index contributed by atoms with van der Waals surface area (Å²) in [5, 5.41) is 2.81. The molecule has 20 heavy (non-hydrogen) atoms. The topological polar surface area (TPSA) is 55.4 Å². The van der Waals surface area contributed by atoms with Crippen LogP contribution in [0.15, 0.2) is 0 Å². The fourth-order valence-electron chi connectivity index (χ4n) is 6.11. The molecule has 1 amide bonds. The number of rotatable bonds is 3. The third kappa shape index (κ3) is 2.13. The lowest BCUT2D eigenvalue weighted by Crippen LogP contribution is -2.60.